The zero-order valence-corrected chi connectivity index (χ0v) is 12.5. The fourth-order valence-electron chi connectivity index (χ4n) is 2.64. The Balaban J connectivity index is 2.16. The molecule has 0 saturated heterocycles. The molecule has 0 aliphatic heterocycles. The van der Waals surface area contributed by atoms with Gasteiger partial charge in [-0.05, 0) is 31.2 Å². The number of para-hydroxylation sites is 1. The van der Waals surface area contributed by atoms with E-state index in [0.29, 0.717) is 0 Å². The zero-order chi connectivity index (χ0) is 14.7. The fraction of sp³-hybridized carbons (Fsp3) is 0.294. The topological polar surface area (TPSA) is 42.7 Å². The number of nitrogens with zero attached hydrogens (tertiary/aromatic N) is 3. The van der Waals surface area contributed by atoms with Crippen LogP contribution in [0.3, 0.4) is 0 Å². The zero-order valence-electron chi connectivity index (χ0n) is 12.5. The van der Waals surface area contributed by atoms with Gasteiger partial charge in [-0.3, -0.25) is 4.57 Å². The summed E-state index contributed by atoms with van der Waals surface area (Å²) in [6, 6.07) is 10.4. The van der Waals surface area contributed by atoms with Crippen molar-refractivity contribution < 1.29 is 0 Å². The number of aryl methyl sites for hydroxylation is 1. The maximum atomic E-state index is 4.80. The predicted molar refractivity (Wildman–Crippen MR) is 85.6 cm³/mol. The first-order valence-corrected chi connectivity index (χ1v) is 7.39. The molecule has 0 spiro atoms. The Kier molecular flexibility index (Phi) is 3.97. The molecule has 1 N–H and O–H groups in total. The highest BCUT2D eigenvalue weighted by atomic mass is 15.1. The van der Waals surface area contributed by atoms with Gasteiger partial charge in [0.25, 0.3) is 0 Å². The number of fused-ring (bicyclic) bond motifs is 1. The van der Waals surface area contributed by atoms with Crippen molar-refractivity contribution in [3.8, 4) is 5.82 Å². The quantitative estimate of drug-likeness (QED) is 0.781. The minimum Gasteiger partial charge on any atom is -0.316 e. The Morgan fingerprint density at radius 2 is 2.10 bits per heavy atom. The molecule has 4 heteroatoms. The first-order chi connectivity index (χ1) is 10.3. The van der Waals surface area contributed by atoms with E-state index < -0.39 is 0 Å². The molecule has 0 aliphatic rings. The molecule has 0 radical (unpaired) electrons. The molecule has 0 unspecified atom stereocenters. The molecule has 0 saturated carbocycles. The largest absolute Gasteiger partial charge is 0.316 e. The van der Waals surface area contributed by atoms with Crippen molar-refractivity contribution in [1.82, 2.24) is 19.9 Å². The summed E-state index contributed by atoms with van der Waals surface area (Å²) in [5.41, 5.74) is 2.28. The Labute approximate surface area is 124 Å². The number of rotatable bonds is 5. The number of pyridine rings is 1. The highest BCUT2D eigenvalue weighted by molar-refractivity contribution is 5.83. The summed E-state index contributed by atoms with van der Waals surface area (Å²) in [5, 5.41) is 4.44. The molecule has 2 aromatic heterocycles. The molecule has 2 heterocycles. The van der Waals surface area contributed by atoms with Crippen LogP contribution in [-0.2, 0) is 13.0 Å². The molecule has 0 atom stereocenters. The third-order valence-corrected chi connectivity index (χ3v) is 3.59. The fourth-order valence-corrected chi connectivity index (χ4v) is 2.64. The summed E-state index contributed by atoms with van der Waals surface area (Å²) in [7, 11) is 1.97. The van der Waals surface area contributed by atoms with E-state index in [4.69, 9.17) is 4.98 Å². The van der Waals surface area contributed by atoms with Gasteiger partial charge in [-0.15, -0.1) is 0 Å². The number of imidazole rings is 1. The summed E-state index contributed by atoms with van der Waals surface area (Å²) in [6.45, 7) is 2.99. The maximum Gasteiger partial charge on any atom is 0.139 e. The second kappa shape index (κ2) is 6.06. The number of hydrogen-bond acceptors (Lipinski definition) is 3. The normalized spacial score (nSPS) is 11.1. The molecule has 0 fully saturated rings. The van der Waals surface area contributed by atoms with Crippen molar-refractivity contribution in [3.05, 3.63) is 54.1 Å². The van der Waals surface area contributed by atoms with Crippen LogP contribution >= 0.6 is 0 Å². The lowest BCUT2D eigenvalue weighted by molar-refractivity contribution is 0.792. The molecule has 4 nitrogen and oxygen atoms in total. The number of aromatic nitrogens is 3. The minimum atomic E-state index is 0.827. The maximum absolute atomic E-state index is 4.80. The highest BCUT2D eigenvalue weighted by Crippen LogP contribution is 2.21. The van der Waals surface area contributed by atoms with Gasteiger partial charge >= 0.3 is 0 Å². The van der Waals surface area contributed by atoms with Gasteiger partial charge in [0.15, 0.2) is 0 Å². The van der Waals surface area contributed by atoms with Crippen molar-refractivity contribution in [3.63, 3.8) is 0 Å². The van der Waals surface area contributed by atoms with Gasteiger partial charge in [-0.2, -0.15) is 0 Å². The molecule has 0 amide bonds. The third-order valence-electron chi connectivity index (χ3n) is 3.59. The molecular weight excluding hydrogens is 260 g/mol. The Bertz CT molecular complexity index is 745. The summed E-state index contributed by atoms with van der Waals surface area (Å²) >= 11 is 0. The van der Waals surface area contributed by atoms with Crippen LogP contribution in [0, 0.1) is 0 Å². The predicted octanol–water partition coefficient (Wildman–Crippen LogP) is 3.09. The van der Waals surface area contributed by atoms with Crippen LogP contribution in [0.1, 0.15) is 24.7 Å². The lowest BCUT2D eigenvalue weighted by Gasteiger charge is -2.11. The average Bonchev–Trinajstić information content (AvgIpc) is 2.96. The summed E-state index contributed by atoms with van der Waals surface area (Å²) in [4.78, 5) is 9.24. The van der Waals surface area contributed by atoms with E-state index in [9.17, 15) is 0 Å². The van der Waals surface area contributed by atoms with E-state index in [1.165, 1.54) is 10.9 Å². The summed E-state index contributed by atoms with van der Waals surface area (Å²) in [5.74, 6) is 2.01. The number of hydrogen-bond donors (Lipinski definition) is 1. The van der Waals surface area contributed by atoms with Gasteiger partial charge in [0.2, 0.25) is 0 Å². The van der Waals surface area contributed by atoms with Crippen LogP contribution in [-0.4, -0.2) is 21.6 Å². The molecule has 21 heavy (non-hydrogen) atoms. The van der Waals surface area contributed by atoms with E-state index in [1.54, 1.807) is 0 Å². The van der Waals surface area contributed by atoms with Crippen molar-refractivity contribution in [2.24, 2.45) is 0 Å². The van der Waals surface area contributed by atoms with Crippen molar-refractivity contribution in [2.75, 3.05) is 7.05 Å². The number of benzene rings is 1. The lowest BCUT2D eigenvalue weighted by Crippen LogP contribution is -2.09. The van der Waals surface area contributed by atoms with E-state index >= 15 is 0 Å². The van der Waals surface area contributed by atoms with Crippen LogP contribution in [0.4, 0.5) is 0 Å². The first kappa shape index (κ1) is 13.8. The highest BCUT2D eigenvalue weighted by Gasteiger charge is 2.09. The molecule has 3 aromatic rings. The molecule has 108 valence electrons. The van der Waals surface area contributed by atoms with Gasteiger partial charge in [-0.25, -0.2) is 9.97 Å². The van der Waals surface area contributed by atoms with Crippen molar-refractivity contribution in [1.29, 1.82) is 0 Å². The smallest absolute Gasteiger partial charge is 0.139 e. The minimum absolute atomic E-state index is 0.827. The van der Waals surface area contributed by atoms with Gasteiger partial charge < -0.3 is 5.32 Å². The van der Waals surface area contributed by atoms with Crippen LogP contribution in [0.15, 0.2) is 42.7 Å². The summed E-state index contributed by atoms with van der Waals surface area (Å²) < 4.78 is 2.09. The molecular formula is C17H20N4. The van der Waals surface area contributed by atoms with Crippen LogP contribution in [0.25, 0.3) is 16.7 Å². The molecule has 3 rings (SSSR count). The molecule has 0 bridgehead atoms. The second-order valence-electron chi connectivity index (χ2n) is 5.15. The van der Waals surface area contributed by atoms with Crippen molar-refractivity contribution in [2.45, 2.75) is 26.3 Å². The molecule has 0 aliphatic carbocycles. The standard InChI is InChI=1S/C17H20N4/c1-3-6-16-19-9-10-21(16)17-11-13(12-18-2)14-7-4-5-8-15(14)20-17/h4-5,7-11,18H,3,6,12H2,1-2H3. The van der Waals surface area contributed by atoms with E-state index in [1.807, 2.05) is 25.5 Å². The SMILES string of the molecule is CCCc1nccn1-c1cc(CNC)c2ccccc2n1. The Morgan fingerprint density at radius 1 is 1.24 bits per heavy atom. The molecule has 1 aromatic carbocycles. The van der Waals surface area contributed by atoms with E-state index in [0.717, 1.165) is 36.5 Å². The van der Waals surface area contributed by atoms with Crippen LogP contribution < -0.4 is 5.32 Å². The van der Waals surface area contributed by atoms with Gasteiger partial charge in [0.1, 0.15) is 11.6 Å². The van der Waals surface area contributed by atoms with Gasteiger partial charge in [-0.1, -0.05) is 25.1 Å². The van der Waals surface area contributed by atoms with Gasteiger partial charge in [0, 0.05) is 30.7 Å². The van der Waals surface area contributed by atoms with Gasteiger partial charge in [0.05, 0.1) is 5.52 Å². The van der Waals surface area contributed by atoms with E-state index in [2.05, 4.69) is 46.1 Å². The first-order valence-electron chi connectivity index (χ1n) is 7.39. The Hall–Kier alpha value is -2.20. The second-order valence-corrected chi connectivity index (χ2v) is 5.15. The van der Waals surface area contributed by atoms with Crippen LogP contribution in [0.2, 0.25) is 0 Å². The number of nitrogens with one attached hydrogen (secondary N) is 1. The van der Waals surface area contributed by atoms with Crippen LogP contribution in [0.5, 0.6) is 0 Å². The average molecular weight is 280 g/mol. The van der Waals surface area contributed by atoms with Crippen molar-refractivity contribution >= 4 is 10.9 Å². The summed E-state index contributed by atoms with van der Waals surface area (Å²) in [6.07, 6.45) is 5.88. The monoisotopic (exact) mass is 280 g/mol. The Morgan fingerprint density at radius 3 is 2.90 bits per heavy atom. The van der Waals surface area contributed by atoms with E-state index in [-0.39, 0.29) is 0 Å². The third kappa shape index (κ3) is 2.67. The lowest BCUT2D eigenvalue weighted by atomic mass is 10.1.